The zero-order valence-corrected chi connectivity index (χ0v) is 17.2. The van der Waals surface area contributed by atoms with E-state index < -0.39 is 6.10 Å². The highest BCUT2D eigenvalue weighted by atomic mass is 16.5. The van der Waals surface area contributed by atoms with E-state index in [0.717, 1.165) is 0 Å². The van der Waals surface area contributed by atoms with Gasteiger partial charge in [0, 0.05) is 13.1 Å². The lowest BCUT2D eigenvalue weighted by Gasteiger charge is -2.27. The molecule has 2 aromatic carbocycles. The van der Waals surface area contributed by atoms with E-state index in [1.807, 2.05) is 24.3 Å². The van der Waals surface area contributed by atoms with E-state index in [2.05, 4.69) is 19.2 Å². The summed E-state index contributed by atoms with van der Waals surface area (Å²) >= 11 is 0. The summed E-state index contributed by atoms with van der Waals surface area (Å²) in [5.74, 6) is 0.655. The average Bonchev–Trinajstić information content (AvgIpc) is 2.74. The van der Waals surface area contributed by atoms with Crippen LogP contribution in [0, 0.1) is 0 Å². The van der Waals surface area contributed by atoms with Crippen LogP contribution in [-0.4, -0.2) is 49.1 Å². The molecule has 0 spiro atoms. The number of hydrogen-bond acceptors (Lipinski definition) is 4. The third-order valence-corrected chi connectivity index (χ3v) is 4.94. The van der Waals surface area contributed by atoms with Gasteiger partial charge in [0.2, 0.25) is 0 Å². The molecule has 1 heterocycles. The quantitative estimate of drug-likeness (QED) is 0.809. The second-order valence-electron chi connectivity index (χ2n) is 7.42. The second kappa shape index (κ2) is 9.56. The Morgan fingerprint density at radius 1 is 1.00 bits per heavy atom. The monoisotopic (exact) mass is 396 g/mol. The van der Waals surface area contributed by atoms with Crippen molar-refractivity contribution in [3.8, 4) is 5.75 Å². The fourth-order valence-electron chi connectivity index (χ4n) is 3.14. The van der Waals surface area contributed by atoms with E-state index in [-0.39, 0.29) is 11.8 Å². The molecule has 0 aliphatic carbocycles. The number of hydrogen-bond donors (Lipinski definition) is 1. The molecule has 6 heteroatoms. The van der Waals surface area contributed by atoms with Gasteiger partial charge in [-0.1, -0.05) is 38.1 Å². The van der Waals surface area contributed by atoms with Gasteiger partial charge in [-0.2, -0.15) is 0 Å². The smallest absolute Gasteiger partial charge is 0.265 e. The normalized spacial score (nSPS) is 15.1. The van der Waals surface area contributed by atoms with Gasteiger partial charge in [-0.15, -0.1) is 0 Å². The van der Waals surface area contributed by atoms with Crippen molar-refractivity contribution in [2.45, 2.75) is 32.8 Å². The summed E-state index contributed by atoms with van der Waals surface area (Å²) in [4.78, 5) is 27.2. The first kappa shape index (κ1) is 20.9. The molecule has 1 aliphatic heterocycles. The van der Waals surface area contributed by atoms with Gasteiger partial charge < -0.3 is 19.7 Å². The van der Waals surface area contributed by atoms with Crippen LogP contribution in [0.5, 0.6) is 5.75 Å². The number of carbonyl (C=O) groups excluding carboxylic acids is 2. The van der Waals surface area contributed by atoms with Crippen LogP contribution >= 0.6 is 0 Å². The van der Waals surface area contributed by atoms with Crippen LogP contribution < -0.4 is 10.1 Å². The lowest BCUT2D eigenvalue weighted by molar-refractivity contribution is -0.122. The lowest BCUT2D eigenvalue weighted by atomic mass is 10.0. The lowest BCUT2D eigenvalue weighted by Crippen LogP contribution is -2.41. The fourth-order valence-corrected chi connectivity index (χ4v) is 3.14. The highest BCUT2D eigenvalue weighted by Gasteiger charge is 2.23. The highest BCUT2D eigenvalue weighted by Crippen LogP contribution is 2.21. The number of amides is 2. The molecule has 1 fully saturated rings. The first-order chi connectivity index (χ1) is 14.0. The average molecular weight is 396 g/mol. The maximum absolute atomic E-state index is 12.8. The maximum Gasteiger partial charge on any atom is 0.265 e. The molecule has 29 heavy (non-hydrogen) atoms. The van der Waals surface area contributed by atoms with Gasteiger partial charge in [0.1, 0.15) is 5.75 Å². The molecule has 1 N–H and O–H groups in total. The van der Waals surface area contributed by atoms with Crippen LogP contribution in [0.4, 0.5) is 5.69 Å². The molecule has 0 radical (unpaired) electrons. The van der Waals surface area contributed by atoms with Crippen LogP contribution in [0.3, 0.4) is 0 Å². The van der Waals surface area contributed by atoms with Crippen LogP contribution in [0.1, 0.15) is 42.6 Å². The van der Waals surface area contributed by atoms with Crippen molar-refractivity contribution in [2.75, 3.05) is 31.6 Å². The van der Waals surface area contributed by atoms with Gasteiger partial charge in [0.25, 0.3) is 11.8 Å². The number of rotatable bonds is 6. The number of morpholine rings is 1. The standard InChI is InChI=1S/C23H28N2O4/c1-16(2)18-8-10-19(11-9-18)29-17(3)22(26)24-21-7-5-4-6-20(21)23(27)25-12-14-28-15-13-25/h4-11,16-17H,12-15H2,1-3H3,(H,24,26). The van der Waals surface area contributed by atoms with Crippen molar-refractivity contribution in [1.82, 2.24) is 4.90 Å². The van der Waals surface area contributed by atoms with Crippen molar-refractivity contribution in [2.24, 2.45) is 0 Å². The van der Waals surface area contributed by atoms with Crippen molar-refractivity contribution < 1.29 is 19.1 Å². The number of nitrogens with zero attached hydrogens (tertiary/aromatic N) is 1. The van der Waals surface area contributed by atoms with Crippen LogP contribution in [0.25, 0.3) is 0 Å². The van der Waals surface area contributed by atoms with E-state index in [0.29, 0.717) is 49.2 Å². The van der Waals surface area contributed by atoms with Gasteiger partial charge in [-0.25, -0.2) is 0 Å². The van der Waals surface area contributed by atoms with Crippen LogP contribution in [0.15, 0.2) is 48.5 Å². The Morgan fingerprint density at radius 2 is 1.66 bits per heavy atom. The Labute approximate surface area is 171 Å². The number of para-hydroxylation sites is 1. The Morgan fingerprint density at radius 3 is 2.31 bits per heavy atom. The first-order valence-electron chi connectivity index (χ1n) is 9.99. The van der Waals surface area contributed by atoms with Gasteiger partial charge in [0.05, 0.1) is 24.5 Å². The molecule has 154 valence electrons. The molecule has 0 saturated carbocycles. The highest BCUT2D eigenvalue weighted by molar-refractivity contribution is 6.04. The Hall–Kier alpha value is -2.86. The van der Waals surface area contributed by atoms with E-state index in [9.17, 15) is 9.59 Å². The van der Waals surface area contributed by atoms with Crippen LogP contribution in [-0.2, 0) is 9.53 Å². The van der Waals surface area contributed by atoms with Crippen molar-refractivity contribution in [3.63, 3.8) is 0 Å². The topological polar surface area (TPSA) is 67.9 Å². The fraction of sp³-hybridized carbons (Fsp3) is 0.391. The summed E-state index contributed by atoms with van der Waals surface area (Å²) in [6.07, 6.45) is -0.702. The van der Waals surface area contributed by atoms with E-state index in [4.69, 9.17) is 9.47 Å². The van der Waals surface area contributed by atoms with Gasteiger partial charge in [-0.3, -0.25) is 9.59 Å². The predicted octanol–water partition coefficient (Wildman–Crippen LogP) is 3.69. The molecule has 1 aliphatic rings. The zero-order chi connectivity index (χ0) is 20.8. The number of anilines is 1. The number of ether oxygens (including phenoxy) is 2. The molecule has 6 nitrogen and oxygen atoms in total. The summed E-state index contributed by atoms with van der Waals surface area (Å²) < 4.78 is 11.1. The molecular formula is C23H28N2O4. The van der Waals surface area contributed by atoms with Crippen molar-refractivity contribution in [3.05, 3.63) is 59.7 Å². The predicted molar refractivity (Wildman–Crippen MR) is 112 cm³/mol. The second-order valence-corrected chi connectivity index (χ2v) is 7.42. The summed E-state index contributed by atoms with van der Waals surface area (Å²) in [6, 6.07) is 14.8. The summed E-state index contributed by atoms with van der Waals surface area (Å²) in [6.45, 7) is 8.10. The molecular weight excluding hydrogens is 368 g/mol. The van der Waals surface area contributed by atoms with Gasteiger partial charge in [0.15, 0.2) is 6.10 Å². The molecule has 3 rings (SSSR count). The largest absolute Gasteiger partial charge is 0.481 e. The van der Waals surface area contributed by atoms with E-state index in [1.54, 1.807) is 36.1 Å². The van der Waals surface area contributed by atoms with Crippen molar-refractivity contribution in [1.29, 1.82) is 0 Å². The third-order valence-electron chi connectivity index (χ3n) is 4.94. The van der Waals surface area contributed by atoms with Gasteiger partial charge >= 0.3 is 0 Å². The molecule has 0 bridgehead atoms. The number of nitrogens with one attached hydrogen (secondary N) is 1. The number of carbonyl (C=O) groups is 2. The minimum Gasteiger partial charge on any atom is -0.481 e. The van der Waals surface area contributed by atoms with Crippen molar-refractivity contribution >= 4 is 17.5 Å². The maximum atomic E-state index is 12.8. The Kier molecular flexibility index (Phi) is 6.88. The summed E-state index contributed by atoms with van der Waals surface area (Å²) in [7, 11) is 0. The van der Waals surface area contributed by atoms with Gasteiger partial charge in [-0.05, 0) is 42.7 Å². The molecule has 1 saturated heterocycles. The van der Waals surface area contributed by atoms with Crippen LogP contribution in [0.2, 0.25) is 0 Å². The SMILES string of the molecule is CC(Oc1ccc(C(C)C)cc1)C(=O)Nc1ccccc1C(=O)N1CCOCC1. The molecule has 1 unspecified atom stereocenters. The zero-order valence-electron chi connectivity index (χ0n) is 17.2. The first-order valence-corrected chi connectivity index (χ1v) is 9.99. The minimum absolute atomic E-state index is 0.109. The van der Waals surface area contributed by atoms with E-state index >= 15 is 0 Å². The molecule has 2 amide bonds. The molecule has 0 aromatic heterocycles. The Bertz CT molecular complexity index is 842. The molecule has 2 aromatic rings. The molecule has 1 atom stereocenters. The Balaban J connectivity index is 1.66. The summed E-state index contributed by atoms with van der Waals surface area (Å²) in [5.41, 5.74) is 2.17. The van der Waals surface area contributed by atoms with E-state index in [1.165, 1.54) is 5.56 Å². The summed E-state index contributed by atoms with van der Waals surface area (Å²) in [5, 5.41) is 2.84. The number of benzene rings is 2. The minimum atomic E-state index is -0.702. The third kappa shape index (κ3) is 5.35.